The second kappa shape index (κ2) is 9.68. The Labute approximate surface area is 184 Å². The van der Waals surface area contributed by atoms with Crippen LogP contribution in [-0.2, 0) is 19.4 Å². The fourth-order valence-electron chi connectivity index (χ4n) is 2.56. The van der Waals surface area contributed by atoms with E-state index in [2.05, 4.69) is 10.0 Å². The summed E-state index contributed by atoms with van der Waals surface area (Å²) in [6.45, 7) is 3.49. The first kappa shape index (κ1) is 24.7. The lowest BCUT2D eigenvalue weighted by molar-refractivity contribution is -0.116. The molecule has 0 heterocycles. The minimum Gasteiger partial charge on any atom is -0.325 e. The largest absolute Gasteiger partial charge is 0.337 e. The quantitative estimate of drug-likeness (QED) is 0.403. The van der Waals surface area contributed by atoms with Crippen molar-refractivity contribution < 1.29 is 27.6 Å². The Kier molecular flexibility index (Phi) is 7.96. The van der Waals surface area contributed by atoms with E-state index in [1.54, 1.807) is 13.8 Å². The zero-order valence-electron chi connectivity index (χ0n) is 16.0. The first-order chi connectivity index (χ1) is 13.8. The number of anilines is 2. The van der Waals surface area contributed by atoms with Gasteiger partial charge < -0.3 is 15.1 Å². The first-order valence-electron chi connectivity index (χ1n) is 8.73. The molecule has 0 saturated heterocycles. The summed E-state index contributed by atoms with van der Waals surface area (Å²) in [6, 6.07) is 9.44. The standard InChI is InChI=1S/C18H21Cl2N2O6PS/c1-11(2)9-17(29(24,25)26)18(23)21-12-3-6-14(7-4-12)30(27,28)22-13-5-8-15(19)16(20)10-13/h3-8,10-11,17,22H,9H2,1-2H3,(H,21,23)(H2,24,25,26). The predicted octanol–water partition coefficient (Wildman–Crippen LogP) is 4.33. The molecule has 0 saturated carbocycles. The Hall–Kier alpha value is -1.61. The van der Waals surface area contributed by atoms with Gasteiger partial charge >= 0.3 is 7.60 Å². The summed E-state index contributed by atoms with van der Waals surface area (Å²) in [7, 11) is -8.58. The van der Waals surface area contributed by atoms with E-state index in [1.807, 2.05) is 0 Å². The molecule has 1 amide bonds. The zero-order chi connectivity index (χ0) is 22.7. The summed E-state index contributed by atoms with van der Waals surface area (Å²) in [6.07, 6.45) is 0.0101. The number of amides is 1. The average molecular weight is 495 g/mol. The maximum Gasteiger partial charge on any atom is 0.337 e. The van der Waals surface area contributed by atoms with Crippen molar-refractivity contribution in [1.82, 2.24) is 0 Å². The van der Waals surface area contributed by atoms with Crippen molar-refractivity contribution in [1.29, 1.82) is 0 Å². The highest BCUT2D eigenvalue weighted by Gasteiger charge is 2.36. The van der Waals surface area contributed by atoms with Gasteiger partial charge in [-0.25, -0.2) is 8.42 Å². The molecule has 2 aromatic rings. The fourth-order valence-corrected chi connectivity index (χ4v) is 4.97. The second-order valence-electron chi connectivity index (χ2n) is 6.98. The number of carbonyl (C=O) groups is 1. The molecule has 0 radical (unpaired) electrons. The third-order valence-corrected chi connectivity index (χ3v) is 7.40. The van der Waals surface area contributed by atoms with Crippen LogP contribution >= 0.6 is 30.8 Å². The summed E-state index contributed by atoms with van der Waals surface area (Å²) in [5, 5.41) is 2.89. The molecule has 2 aromatic carbocycles. The van der Waals surface area contributed by atoms with Crippen molar-refractivity contribution in [3.05, 3.63) is 52.5 Å². The number of hydrogen-bond donors (Lipinski definition) is 4. The minimum atomic E-state index is -4.64. The first-order valence-corrected chi connectivity index (χ1v) is 12.7. The molecule has 2 rings (SSSR count). The summed E-state index contributed by atoms with van der Waals surface area (Å²) >= 11 is 11.7. The molecule has 0 aliphatic heterocycles. The molecule has 164 valence electrons. The molecule has 0 bridgehead atoms. The van der Waals surface area contributed by atoms with E-state index in [4.69, 9.17) is 23.2 Å². The highest BCUT2D eigenvalue weighted by Crippen LogP contribution is 2.44. The van der Waals surface area contributed by atoms with Crippen LogP contribution in [0.2, 0.25) is 10.0 Å². The van der Waals surface area contributed by atoms with Gasteiger partial charge in [-0.05, 0) is 54.8 Å². The Morgan fingerprint density at radius 3 is 2.10 bits per heavy atom. The highest BCUT2D eigenvalue weighted by molar-refractivity contribution is 7.92. The van der Waals surface area contributed by atoms with Crippen LogP contribution in [0.4, 0.5) is 11.4 Å². The van der Waals surface area contributed by atoms with E-state index >= 15 is 0 Å². The van der Waals surface area contributed by atoms with Gasteiger partial charge in [0.2, 0.25) is 5.91 Å². The van der Waals surface area contributed by atoms with Crippen molar-refractivity contribution in [2.24, 2.45) is 5.92 Å². The molecule has 0 aromatic heterocycles. The molecular formula is C18H21Cl2N2O6PS. The van der Waals surface area contributed by atoms with Crippen molar-refractivity contribution in [2.45, 2.75) is 30.8 Å². The molecule has 8 nitrogen and oxygen atoms in total. The van der Waals surface area contributed by atoms with Crippen LogP contribution < -0.4 is 10.0 Å². The van der Waals surface area contributed by atoms with E-state index in [-0.39, 0.29) is 38.7 Å². The number of carbonyl (C=O) groups excluding carboxylic acids is 1. The maximum absolute atomic E-state index is 12.5. The number of halogens is 2. The average Bonchev–Trinajstić information content (AvgIpc) is 2.62. The summed E-state index contributed by atoms with van der Waals surface area (Å²) in [5.74, 6) is -0.935. The lowest BCUT2D eigenvalue weighted by Crippen LogP contribution is -2.29. The highest BCUT2D eigenvalue weighted by atomic mass is 35.5. The predicted molar refractivity (Wildman–Crippen MR) is 118 cm³/mol. The number of sulfonamides is 1. The van der Waals surface area contributed by atoms with Gasteiger partial charge in [-0.2, -0.15) is 0 Å². The molecule has 0 aliphatic rings. The van der Waals surface area contributed by atoms with Crippen molar-refractivity contribution >= 4 is 58.1 Å². The van der Waals surface area contributed by atoms with Crippen molar-refractivity contribution in [3.63, 3.8) is 0 Å². The zero-order valence-corrected chi connectivity index (χ0v) is 19.3. The third kappa shape index (κ3) is 6.70. The van der Waals surface area contributed by atoms with Crippen LogP contribution in [0, 0.1) is 5.92 Å². The van der Waals surface area contributed by atoms with Crippen LogP contribution in [-0.4, -0.2) is 29.8 Å². The SMILES string of the molecule is CC(C)CC(C(=O)Nc1ccc(S(=O)(=O)Nc2ccc(Cl)c(Cl)c2)cc1)P(=O)(O)O. The van der Waals surface area contributed by atoms with Crippen LogP contribution in [0.15, 0.2) is 47.4 Å². The van der Waals surface area contributed by atoms with Gasteiger partial charge in [0.25, 0.3) is 10.0 Å². The van der Waals surface area contributed by atoms with Crippen LogP contribution in [0.25, 0.3) is 0 Å². The molecule has 12 heteroatoms. The molecule has 0 aliphatic carbocycles. The molecule has 0 fully saturated rings. The van der Waals surface area contributed by atoms with E-state index in [0.717, 1.165) is 0 Å². The molecule has 0 spiro atoms. The minimum absolute atomic E-state index is 0.0101. The Balaban J connectivity index is 2.15. The van der Waals surface area contributed by atoms with Gasteiger partial charge in [0.15, 0.2) is 0 Å². The third-order valence-electron chi connectivity index (χ3n) is 4.01. The van der Waals surface area contributed by atoms with Gasteiger partial charge in [0, 0.05) is 5.69 Å². The van der Waals surface area contributed by atoms with Gasteiger partial charge in [-0.1, -0.05) is 37.0 Å². The van der Waals surface area contributed by atoms with Gasteiger partial charge in [0.05, 0.1) is 20.6 Å². The topological polar surface area (TPSA) is 133 Å². The monoisotopic (exact) mass is 494 g/mol. The number of rotatable bonds is 8. The maximum atomic E-state index is 12.5. The fraction of sp³-hybridized carbons (Fsp3) is 0.278. The van der Waals surface area contributed by atoms with Crippen LogP contribution in [0.3, 0.4) is 0 Å². The second-order valence-corrected chi connectivity index (χ2v) is 11.3. The lowest BCUT2D eigenvalue weighted by Gasteiger charge is -2.19. The molecule has 30 heavy (non-hydrogen) atoms. The van der Waals surface area contributed by atoms with Gasteiger partial charge in [0.1, 0.15) is 5.66 Å². The molecule has 1 atom stereocenters. The summed E-state index contributed by atoms with van der Waals surface area (Å²) < 4.78 is 39.0. The smallest absolute Gasteiger partial charge is 0.325 e. The normalized spacial score (nSPS) is 13.2. The number of hydrogen-bond acceptors (Lipinski definition) is 4. The molecular weight excluding hydrogens is 474 g/mol. The van der Waals surface area contributed by atoms with Crippen LogP contribution in [0.5, 0.6) is 0 Å². The van der Waals surface area contributed by atoms with E-state index in [0.29, 0.717) is 0 Å². The van der Waals surface area contributed by atoms with E-state index in [9.17, 15) is 27.6 Å². The summed E-state index contributed by atoms with van der Waals surface area (Å²) in [5.41, 5.74) is -1.06. The van der Waals surface area contributed by atoms with Crippen molar-refractivity contribution in [2.75, 3.05) is 10.0 Å². The Morgan fingerprint density at radius 1 is 1.03 bits per heavy atom. The van der Waals surface area contributed by atoms with Gasteiger partial charge in [-0.3, -0.25) is 14.1 Å². The van der Waals surface area contributed by atoms with Crippen LogP contribution in [0.1, 0.15) is 20.3 Å². The van der Waals surface area contributed by atoms with E-state index < -0.39 is 29.2 Å². The number of nitrogens with one attached hydrogen (secondary N) is 2. The number of benzene rings is 2. The Morgan fingerprint density at radius 2 is 1.60 bits per heavy atom. The van der Waals surface area contributed by atoms with E-state index in [1.165, 1.54) is 42.5 Å². The molecule has 4 N–H and O–H groups in total. The van der Waals surface area contributed by atoms with Gasteiger partial charge in [-0.15, -0.1) is 0 Å². The Bertz CT molecular complexity index is 1070. The lowest BCUT2D eigenvalue weighted by atomic mass is 10.1. The summed E-state index contributed by atoms with van der Waals surface area (Å²) in [4.78, 5) is 31.1. The van der Waals surface area contributed by atoms with Crippen molar-refractivity contribution in [3.8, 4) is 0 Å². The molecule has 1 unspecified atom stereocenters.